The van der Waals surface area contributed by atoms with E-state index in [1.807, 2.05) is 0 Å². The molecular weight excluding hydrogens is 202 g/mol. The lowest BCUT2D eigenvalue weighted by molar-refractivity contribution is -0.699. The van der Waals surface area contributed by atoms with Gasteiger partial charge < -0.3 is 0 Å². The maximum absolute atomic E-state index is 3.51. The fourth-order valence-electron chi connectivity index (χ4n) is 1.31. The molecule has 0 saturated heterocycles. The number of hydrogen-bond acceptors (Lipinski definition) is 0. The van der Waals surface area contributed by atoms with Gasteiger partial charge in [0.05, 0.1) is 4.47 Å². The molecule has 0 bridgehead atoms. The van der Waals surface area contributed by atoms with E-state index in [0.29, 0.717) is 0 Å². The molecule has 2 rings (SSSR count). The normalized spacial score (nSPS) is 14.6. The average molecular weight is 211 g/mol. The number of fused-ring (bicyclic) bond motifs is 1. The molecule has 11 heavy (non-hydrogen) atoms. The number of allylic oxidation sites excluding steroid dienone is 1. The van der Waals surface area contributed by atoms with Gasteiger partial charge in [-0.05, 0) is 22.0 Å². The van der Waals surface area contributed by atoms with Crippen molar-refractivity contribution in [3.63, 3.8) is 0 Å². The Balaban J connectivity index is 2.60. The van der Waals surface area contributed by atoms with Crippen LogP contribution in [-0.2, 0) is 6.54 Å². The Kier molecular flexibility index (Phi) is 1.78. The Hall–Kier alpha value is -0.630. The summed E-state index contributed by atoms with van der Waals surface area (Å²) in [6.45, 7) is 1.10. The number of rotatable bonds is 0. The number of aryl methyl sites for hydroxylation is 1. The smallest absolute Gasteiger partial charge is 0.198 e. The zero-order valence-corrected chi connectivity index (χ0v) is 7.71. The maximum Gasteiger partial charge on any atom is 0.219 e. The van der Waals surface area contributed by atoms with Gasteiger partial charge in [-0.1, -0.05) is 6.08 Å². The van der Waals surface area contributed by atoms with Gasteiger partial charge in [-0.25, -0.2) is 0 Å². The number of pyridine rings is 1. The summed E-state index contributed by atoms with van der Waals surface area (Å²) >= 11 is 3.51. The van der Waals surface area contributed by atoms with Crippen LogP contribution in [-0.4, -0.2) is 0 Å². The van der Waals surface area contributed by atoms with Gasteiger partial charge in [-0.15, -0.1) is 0 Å². The van der Waals surface area contributed by atoms with Gasteiger partial charge in [-0.2, -0.15) is 4.57 Å². The summed E-state index contributed by atoms with van der Waals surface area (Å²) in [4.78, 5) is 0. The van der Waals surface area contributed by atoms with Crippen molar-refractivity contribution >= 4 is 22.0 Å². The number of hydrogen-bond donors (Lipinski definition) is 0. The first-order valence-corrected chi connectivity index (χ1v) is 4.52. The topological polar surface area (TPSA) is 3.88 Å². The highest BCUT2D eigenvalue weighted by Crippen LogP contribution is 2.15. The summed E-state index contributed by atoms with van der Waals surface area (Å²) in [7, 11) is 0. The number of aromatic nitrogens is 1. The number of halogens is 1. The minimum atomic E-state index is 1.10. The van der Waals surface area contributed by atoms with Crippen LogP contribution in [0.3, 0.4) is 0 Å². The van der Waals surface area contributed by atoms with Crippen molar-refractivity contribution in [3.05, 3.63) is 34.6 Å². The predicted octanol–water partition coefficient (Wildman–Crippen LogP) is 2.15. The Bertz CT molecular complexity index is 304. The molecule has 2 heteroatoms. The molecule has 0 unspecified atom stereocenters. The Morgan fingerprint density at radius 3 is 3.18 bits per heavy atom. The first-order valence-electron chi connectivity index (χ1n) is 3.72. The van der Waals surface area contributed by atoms with Gasteiger partial charge in [0, 0.05) is 18.6 Å². The van der Waals surface area contributed by atoms with E-state index in [9.17, 15) is 0 Å². The summed E-state index contributed by atoms with van der Waals surface area (Å²) < 4.78 is 3.43. The highest BCUT2D eigenvalue weighted by atomic mass is 79.9. The van der Waals surface area contributed by atoms with Crippen LogP contribution in [0.1, 0.15) is 12.1 Å². The van der Waals surface area contributed by atoms with Gasteiger partial charge in [0.25, 0.3) is 0 Å². The first-order chi connectivity index (χ1) is 5.38. The molecule has 1 aliphatic heterocycles. The fourth-order valence-corrected chi connectivity index (χ4v) is 1.83. The molecule has 1 aromatic rings. The lowest BCUT2D eigenvalue weighted by Crippen LogP contribution is -2.38. The average Bonchev–Trinajstić information content (AvgIpc) is 2.06. The molecule has 0 saturated carbocycles. The predicted molar refractivity (Wildman–Crippen MR) is 48.0 cm³/mol. The third-order valence-electron chi connectivity index (χ3n) is 1.88. The lowest BCUT2D eigenvalue weighted by Gasteiger charge is -2.04. The highest BCUT2D eigenvalue weighted by Gasteiger charge is 2.13. The fraction of sp³-hybridized carbons (Fsp3) is 0.222. The number of nitrogens with zero attached hydrogens (tertiary/aromatic N) is 1. The van der Waals surface area contributed by atoms with E-state index >= 15 is 0 Å². The third-order valence-corrected chi connectivity index (χ3v) is 2.55. The molecule has 0 amide bonds. The van der Waals surface area contributed by atoms with Crippen molar-refractivity contribution in [1.82, 2.24) is 0 Å². The molecule has 1 nitrogen and oxygen atoms in total. The van der Waals surface area contributed by atoms with Gasteiger partial charge in [0.1, 0.15) is 0 Å². The van der Waals surface area contributed by atoms with Crippen molar-refractivity contribution in [1.29, 1.82) is 0 Å². The summed E-state index contributed by atoms with van der Waals surface area (Å²) in [5.41, 5.74) is 1.28. The van der Waals surface area contributed by atoms with Crippen molar-refractivity contribution < 1.29 is 4.57 Å². The lowest BCUT2D eigenvalue weighted by atomic mass is 10.2. The van der Waals surface area contributed by atoms with E-state index in [-0.39, 0.29) is 0 Å². The molecule has 0 N–H and O–H groups in total. The van der Waals surface area contributed by atoms with E-state index in [1.165, 1.54) is 10.2 Å². The van der Waals surface area contributed by atoms with E-state index in [4.69, 9.17) is 0 Å². The van der Waals surface area contributed by atoms with Crippen LogP contribution < -0.4 is 4.57 Å². The van der Waals surface area contributed by atoms with Gasteiger partial charge >= 0.3 is 0 Å². The van der Waals surface area contributed by atoms with Crippen molar-refractivity contribution in [2.75, 3.05) is 0 Å². The second-order valence-electron chi connectivity index (χ2n) is 2.63. The molecule has 0 aromatic carbocycles. The minimum Gasteiger partial charge on any atom is -0.198 e. The molecular formula is C9H9BrN+. The van der Waals surface area contributed by atoms with Crippen LogP contribution in [0, 0.1) is 0 Å². The van der Waals surface area contributed by atoms with Crippen LogP contribution in [0.5, 0.6) is 0 Å². The monoisotopic (exact) mass is 210 g/mol. The van der Waals surface area contributed by atoms with Gasteiger partial charge in [0.2, 0.25) is 5.69 Å². The third kappa shape index (κ3) is 1.23. The molecule has 1 aromatic heterocycles. The molecule has 2 heterocycles. The van der Waals surface area contributed by atoms with Crippen molar-refractivity contribution in [2.24, 2.45) is 0 Å². The van der Waals surface area contributed by atoms with Crippen LogP contribution in [0.15, 0.2) is 28.9 Å². The summed E-state index contributed by atoms with van der Waals surface area (Å²) in [5.74, 6) is 0. The van der Waals surface area contributed by atoms with Crippen LogP contribution in [0.25, 0.3) is 6.08 Å². The maximum atomic E-state index is 3.51. The molecule has 0 aliphatic carbocycles. The van der Waals surface area contributed by atoms with Gasteiger partial charge in [0.15, 0.2) is 12.7 Å². The van der Waals surface area contributed by atoms with E-state index in [0.717, 1.165) is 13.0 Å². The van der Waals surface area contributed by atoms with Crippen LogP contribution in [0.4, 0.5) is 0 Å². The van der Waals surface area contributed by atoms with Crippen LogP contribution >= 0.6 is 15.9 Å². The minimum absolute atomic E-state index is 1.10. The summed E-state index contributed by atoms with van der Waals surface area (Å²) in [6.07, 6.45) is 7.63. The Labute approximate surface area is 74.5 Å². The zero-order valence-electron chi connectivity index (χ0n) is 6.13. The Morgan fingerprint density at radius 1 is 1.45 bits per heavy atom. The van der Waals surface area contributed by atoms with Gasteiger partial charge in [-0.3, -0.25) is 0 Å². The second-order valence-corrected chi connectivity index (χ2v) is 3.48. The SMILES string of the molecule is Brc1ccc[n+]2c1C=CCC2. The van der Waals surface area contributed by atoms with E-state index < -0.39 is 0 Å². The molecule has 0 atom stereocenters. The van der Waals surface area contributed by atoms with Crippen molar-refractivity contribution in [3.8, 4) is 0 Å². The molecule has 0 fully saturated rings. The van der Waals surface area contributed by atoms with E-state index in [2.05, 4.69) is 51.0 Å². The van der Waals surface area contributed by atoms with Crippen molar-refractivity contribution in [2.45, 2.75) is 13.0 Å². The molecule has 56 valence electrons. The Morgan fingerprint density at radius 2 is 2.36 bits per heavy atom. The second kappa shape index (κ2) is 2.78. The summed E-state index contributed by atoms with van der Waals surface area (Å²) in [6, 6.07) is 4.13. The quantitative estimate of drug-likeness (QED) is 0.579. The highest BCUT2D eigenvalue weighted by molar-refractivity contribution is 9.10. The molecule has 0 spiro atoms. The summed E-state index contributed by atoms with van der Waals surface area (Å²) in [5, 5.41) is 0. The zero-order chi connectivity index (χ0) is 7.68. The van der Waals surface area contributed by atoms with E-state index in [1.54, 1.807) is 0 Å². The molecule has 1 aliphatic rings. The first kappa shape index (κ1) is 7.04. The van der Waals surface area contributed by atoms with Crippen LogP contribution in [0.2, 0.25) is 0 Å². The molecule has 0 radical (unpaired) electrons. The largest absolute Gasteiger partial charge is 0.219 e. The standard InChI is InChI=1S/C9H9BrN/c10-8-4-3-7-11-6-2-1-5-9(8)11/h1,3-5,7H,2,6H2/q+1.